The topological polar surface area (TPSA) is 78.6 Å². The molecule has 0 saturated carbocycles. The normalized spacial score (nSPS) is 11.3. The lowest BCUT2D eigenvalue weighted by Crippen LogP contribution is -2.06. The molecule has 74 valence electrons. The van der Waals surface area contributed by atoms with Gasteiger partial charge in [-0.05, 0) is 13.0 Å². The first-order valence-corrected chi connectivity index (χ1v) is 4.53. The maximum absolute atomic E-state index is 7.56. The van der Waals surface area contributed by atoms with Crippen molar-refractivity contribution in [2.24, 2.45) is 0 Å². The summed E-state index contributed by atoms with van der Waals surface area (Å²) in [5.41, 5.74) is 2.34. The van der Waals surface area contributed by atoms with E-state index in [4.69, 9.17) is 9.83 Å². The molecule has 0 unspecified atom stereocenters. The third-order valence-electron chi connectivity index (χ3n) is 2.25. The van der Waals surface area contributed by atoms with Gasteiger partial charge in [-0.3, -0.25) is 5.41 Å². The van der Waals surface area contributed by atoms with E-state index in [1.54, 1.807) is 12.1 Å². The molecular weight excluding hydrogens is 192 g/mol. The van der Waals surface area contributed by atoms with E-state index in [9.17, 15) is 0 Å². The highest BCUT2D eigenvalue weighted by atomic mass is 16.3. The average Bonchev–Trinajstić information content (AvgIpc) is 2.16. The highest BCUT2D eigenvalue weighted by molar-refractivity contribution is 6.01. The summed E-state index contributed by atoms with van der Waals surface area (Å²) < 4.78 is 5.30. The van der Waals surface area contributed by atoms with Crippen molar-refractivity contribution in [3.05, 3.63) is 29.7 Å². The molecule has 0 spiro atoms. The quantitative estimate of drug-likeness (QED) is 0.577. The number of aromatic nitrogens is 3. The van der Waals surface area contributed by atoms with Crippen molar-refractivity contribution in [1.82, 2.24) is 15.0 Å². The molecule has 5 nitrogen and oxygen atoms in total. The fourth-order valence-electron chi connectivity index (χ4n) is 1.69. The van der Waals surface area contributed by atoms with Gasteiger partial charge in [-0.25, -0.2) is 4.98 Å². The van der Waals surface area contributed by atoms with Gasteiger partial charge in [0.25, 0.3) is 0 Å². The third-order valence-corrected chi connectivity index (χ3v) is 2.25. The number of hydrogen-bond acceptors (Lipinski definition) is 4. The SMILES string of the molecule is Cc1nc2occc3nc(=N)cc([nH]1)c32. The predicted molar refractivity (Wildman–Crippen MR) is 54.3 cm³/mol. The number of aromatic amines is 1. The molecule has 15 heavy (non-hydrogen) atoms. The van der Waals surface area contributed by atoms with Gasteiger partial charge in [-0.1, -0.05) is 0 Å². The molecule has 3 heterocycles. The second-order valence-corrected chi connectivity index (χ2v) is 3.36. The van der Waals surface area contributed by atoms with Gasteiger partial charge in [-0.15, -0.1) is 0 Å². The van der Waals surface area contributed by atoms with Crippen molar-refractivity contribution in [1.29, 1.82) is 5.41 Å². The Morgan fingerprint density at radius 1 is 1.40 bits per heavy atom. The summed E-state index contributed by atoms with van der Waals surface area (Å²) in [4.78, 5) is 11.4. The lowest BCUT2D eigenvalue weighted by atomic mass is 10.2. The smallest absolute Gasteiger partial charge is 0.231 e. The van der Waals surface area contributed by atoms with Gasteiger partial charge in [0.15, 0.2) is 0 Å². The summed E-state index contributed by atoms with van der Waals surface area (Å²) in [5.74, 6) is 0.754. The first-order valence-electron chi connectivity index (χ1n) is 4.53. The average molecular weight is 200 g/mol. The lowest BCUT2D eigenvalue weighted by molar-refractivity contribution is 0.589. The highest BCUT2D eigenvalue weighted by Crippen LogP contribution is 2.20. The molecule has 0 aliphatic carbocycles. The van der Waals surface area contributed by atoms with Gasteiger partial charge in [0, 0.05) is 6.07 Å². The Kier molecular flexibility index (Phi) is 1.45. The Hall–Kier alpha value is -2.17. The summed E-state index contributed by atoms with van der Waals surface area (Å²) in [5, 5.41) is 8.39. The van der Waals surface area contributed by atoms with Gasteiger partial charge in [0.1, 0.15) is 11.3 Å². The molecule has 0 aromatic carbocycles. The number of nitrogens with zero attached hydrogens (tertiary/aromatic N) is 2. The van der Waals surface area contributed by atoms with Crippen LogP contribution in [-0.4, -0.2) is 15.0 Å². The molecular formula is C10H8N4O. The largest absolute Gasteiger partial charge is 0.446 e. The van der Waals surface area contributed by atoms with Crippen LogP contribution in [0, 0.1) is 12.3 Å². The van der Waals surface area contributed by atoms with Gasteiger partial charge in [-0.2, -0.15) is 4.98 Å². The summed E-state index contributed by atoms with van der Waals surface area (Å²) in [7, 11) is 0. The molecule has 0 saturated heterocycles. The second-order valence-electron chi connectivity index (χ2n) is 3.36. The number of rotatable bonds is 0. The minimum Gasteiger partial charge on any atom is -0.446 e. The van der Waals surface area contributed by atoms with E-state index in [0.29, 0.717) is 5.71 Å². The van der Waals surface area contributed by atoms with Crippen LogP contribution in [0.5, 0.6) is 0 Å². The van der Waals surface area contributed by atoms with Crippen molar-refractivity contribution in [2.75, 3.05) is 0 Å². The molecule has 3 aromatic heterocycles. The molecule has 3 rings (SSSR count). The highest BCUT2D eigenvalue weighted by Gasteiger charge is 2.07. The van der Waals surface area contributed by atoms with Gasteiger partial charge < -0.3 is 9.40 Å². The molecule has 5 heteroatoms. The van der Waals surface area contributed by atoms with E-state index in [1.807, 2.05) is 6.92 Å². The Morgan fingerprint density at radius 2 is 2.27 bits per heavy atom. The monoisotopic (exact) mass is 200 g/mol. The summed E-state index contributed by atoms with van der Waals surface area (Å²) in [6.45, 7) is 1.85. The first kappa shape index (κ1) is 8.16. The number of aryl methyl sites for hydroxylation is 1. The molecule has 3 aromatic rings. The minimum atomic E-state index is 0.233. The Bertz CT molecular complexity index is 710. The van der Waals surface area contributed by atoms with Crippen LogP contribution in [0.4, 0.5) is 0 Å². The van der Waals surface area contributed by atoms with Crippen LogP contribution < -0.4 is 5.49 Å². The van der Waals surface area contributed by atoms with Crippen LogP contribution in [0.15, 0.2) is 22.8 Å². The molecule has 0 fully saturated rings. The van der Waals surface area contributed by atoms with Crippen LogP contribution in [0.3, 0.4) is 0 Å². The van der Waals surface area contributed by atoms with Gasteiger partial charge >= 0.3 is 0 Å². The second kappa shape index (κ2) is 2.66. The molecule has 2 N–H and O–H groups in total. The number of H-pyrrole nitrogens is 1. The standard InChI is InChI=1S/C10H8N4O/c1-5-12-7-4-8(11)14-6-2-3-15-10(13-5)9(6)7/h2-4,11H,1H3,(H,12,13). The van der Waals surface area contributed by atoms with E-state index in [2.05, 4.69) is 15.0 Å². The van der Waals surface area contributed by atoms with E-state index >= 15 is 0 Å². The van der Waals surface area contributed by atoms with Gasteiger partial charge in [0.2, 0.25) is 5.71 Å². The summed E-state index contributed by atoms with van der Waals surface area (Å²) in [6, 6.07) is 3.40. The Balaban J connectivity index is 2.71. The third kappa shape index (κ3) is 1.13. The summed E-state index contributed by atoms with van der Waals surface area (Å²) in [6.07, 6.45) is 1.54. The molecule has 0 radical (unpaired) electrons. The van der Waals surface area contributed by atoms with Crippen molar-refractivity contribution < 1.29 is 4.42 Å². The van der Waals surface area contributed by atoms with E-state index < -0.39 is 0 Å². The zero-order valence-corrected chi connectivity index (χ0v) is 8.03. The zero-order valence-electron chi connectivity index (χ0n) is 8.03. The molecule has 0 bridgehead atoms. The van der Waals surface area contributed by atoms with E-state index in [1.165, 1.54) is 6.26 Å². The number of hydrogen-bond donors (Lipinski definition) is 2. The van der Waals surface area contributed by atoms with Crippen molar-refractivity contribution in [2.45, 2.75) is 6.92 Å². The fourth-order valence-corrected chi connectivity index (χ4v) is 1.69. The minimum absolute atomic E-state index is 0.233. The Labute approximate surface area is 84.3 Å². The molecule has 0 aliphatic heterocycles. The van der Waals surface area contributed by atoms with Crippen LogP contribution >= 0.6 is 0 Å². The van der Waals surface area contributed by atoms with Crippen molar-refractivity contribution in [3.63, 3.8) is 0 Å². The summed E-state index contributed by atoms with van der Waals surface area (Å²) >= 11 is 0. The Morgan fingerprint density at radius 3 is 3.13 bits per heavy atom. The molecule has 0 amide bonds. The number of nitrogens with one attached hydrogen (secondary N) is 2. The van der Waals surface area contributed by atoms with E-state index in [-0.39, 0.29) is 5.49 Å². The van der Waals surface area contributed by atoms with E-state index in [0.717, 1.165) is 22.2 Å². The van der Waals surface area contributed by atoms with Crippen LogP contribution in [-0.2, 0) is 0 Å². The predicted octanol–water partition coefficient (Wildman–Crippen LogP) is 1.49. The van der Waals surface area contributed by atoms with Crippen molar-refractivity contribution in [3.8, 4) is 0 Å². The van der Waals surface area contributed by atoms with Crippen LogP contribution in [0.2, 0.25) is 0 Å². The maximum atomic E-state index is 7.56. The van der Waals surface area contributed by atoms with Crippen LogP contribution in [0.1, 0.15) is 5.82 Å². The molecule has 0 aliphatic rings. The zero-order chi connectivity index (χ0) is 10.4. The molecule has 0 atom stereocenters. The fraction of sp³-hybridized carbons (Fsp3) is 0.100. The van der Waals surface area contributed by atoms with Gasteiger partial charge in [0.05, 0.1) is 22.7 Å². The lowest BCUT2D eigenvalue weighted by Gasteiger charge is -2.03. The van der Waals surface area contributed by atoms with Crippen molar-refractivity contribution >= 4 is 22.1 Å². The maximum Gasteiger partial charge on any atom is 0.231 e. The first-order chi connectivity index (χ1) is 7.24. The number of pyridine rings is 1. The van der Waals surface area contributed by atoms with Crippen LogP contribution in [0.25, 0.3) is 22.1 Å².